The molecule has 4 nitrogen and oxygen atoms in total. The molecule has 0 atom stereocenters. The molecule has 0 radical (unpaired) electrons. The van der Waals surface area contributed by atoms with Gasteiger partial charge in [0.15, 0.2) is 0 Å². The standard InChI is InChI=1S/C15H20N4/c1-11-13(8-17-18(11)2)10-19-7-6-14-12(9-19)4-3-5-15(14)16/h3-5,8H,6-7,9-10,16H2,1-2H3. The Kier molecular flexibility index (Phi) is 3.03. The Morgan fingerprint density at radius 1 is 1.37 bits per heavy atom. The number of anilines is 1. The average Bonchev–Trinajstić information content (AvgIpc) is 2.71. The van der Waals surface area contributed by atoms with Crippen molar-refractivity contribution < 1.29 is 0 Å². The van der Waals surface area contributed by atoms with Crippen molar-refractivity contribution >= 4 is 5.69 Å². The molecule has 100 valence electrons. The minimum atomic E-state index is 0.940. The molecule has 0 spiro atoms. The Hall–Kier alpha value is -1.81. The van der Waals surface area contributed by atoms with Gasteiger partial charge in [-0.05, 0) is 30.5 Å². The number of nitrogens with two attached hydrogens (primary N) is 1. The maximum Gasteiger partial charge on any atom is 0.0537 e. The number of rotatable bonds is 2. The van der Waals surface area contributed by atoms with Crippen LogP contribution in [0.4, 0.5) is 5.69 Å². The van der Waals surface area contributed by atoms with Crippen molar-refractivity contribution in [3.63, 3.8) is 0 Å². The third kappa shape index (κ3) is 2.24. The number of hydrogen-bond donors (Lipinski definition) is 1. The van der Waals surface area contributed by atoms with Gasteiger partial charge in [0.1, 0.15) is 0 Å². The fourth-order valence-electron chi connectivity index (χ4n) is 2.77. The minimum absolute atomic E-state index is 0.940. The topological polar surface area (TPSA) is 47.1 Å². The van der Waals surface area contributed by atoms with Crippen LogP contribution < -0.4 is 5.73 Å². The van der Waals surface area contributed by atoms with Gasteiger partial charge in [0.05, 0.1) is 6.20 Å². The lowest BCUT2D eigenvalue weighted by Gasteiger charge is -2.29. The van der Waals surface area contributed by atoms with Crippen LogP contribution in [-0.2, 0) is 26.6 Å². The highest BCUT2D eigenvalue weighted by Crippen LogP contribution is 2.25. The number of hydrogen-bond acceptors (Lipinski definition) is 3. The van der Waals surface area contributed by atoms with Gasteiger partial charge >= 0.3 is 0 Å². The zero-order chi connectivity index (χ0) is 13.4. The summed E-state index contributed by atoms with van der Waals surface area (Å²) in [5, 5.41) is 4.31. The van der Waals surface area contributed by atoms with Gasteiger partial charge in [-0.1, -0.05) is 12.1 Å². The van der Waals surface area contributed by atoms with Crippen LogP contribution in [0, 0.1) is 6.92 Å². The molecular weight excluding hydrogens is 236 g/mol. The van der Waals surface area contributed by atoms with E-state index in [4.69, 9.17) is 5.73 Å². The number of aryl methyl sites for hydroxylation is 1. The van der Waals surface area contributed by atoms with Crippen LogP contribution in [0.2, 0.25) is 0 Å². The van der Waals surface area contributed by atoms with E-state index in [9.17, 15) is 0 Å². The molecule has 1 aliphatic rings. The first kappa shape index (κ1) is 12.2. The monoisotopic (exact) mass is 256 g/mol. The van der Waals surface area contributed by atoms with Crippen molar-refractivity contribution in [2.24, 2.45) is 7.05 Å². The van der Waals surface area contributed by atoms with Gasteiger partial charge < -0.3 is 5.73 Å². The molecule has 4 heteroatoms. The van der Waals surface area contributed by atoms with E-state index >= 15 is 0 Å². The van der Waals surface area contributed by atoms with Crippen LogP contribution in [0.5, 0.6) is 0 Å². The maximum atomic E-state index is 6.03. The largest absolute Gasteiger partial charge is 0.398 e. The molecule has 0 amide bonds. The summed E-state index contributed by atoms with van der Waals surface area (Å²) in [6.07, 6.45) is 3.02. The van der Waals surface area contributed by atoms with Gasteiger partial charge in [-0.3, -0.25) is 9.58 Å². The van der Waals surface area contributed by atoms with Crippen molar-refractivity contribution in [2.45, 2.75) is 26.4 Å². The van der Waals surface area contributed by atoms with Gasteiger partial charge in [-0.2, -0.15) is 5.10 Å². The molecule has 2 N–H and O–H groups in total. The maximum absolute atomic E-state index is 6.03. The summed E-state index contributed by atoms with van der Waals surface area (Å²) in [7, 11) is 1.99. The van der Waals surface area contributed by atoms with E-state index in [0.717, 1.165) is 31.7 Å². The van der Waals surface area contributed by atoms with E-state index in [1.807, 2.05) is 30.1 Å². The van der Waals surface area contributed by atoms with Crippen LogP contribution in [0.1, 0.15) is 22.4 Å². The minimum Gasteiger partial charge on any atom is -0.398 e. The Morgan fingerprint density at radius 3 is 2.95 bits per heavy atom. The predicted molar refractivity (Wildman–Crippen MR) is 76.6 cm³/mol. The molecule has 0 aliphatic carbocycles. The van der Waals surface area contributed by atoms with Crippen molar-refractivity contribution in [1.82, 2.24) is 14.7 Å². The second-order valence-corrected chi connectivity index (χ2v) is 5.32. The van der Waals surface area contributed by atoms with Gasteiger partial charge in [0.25, 0.3) is 0 Å². The summed E-state index contributed by atoms with van der Waals surface area (Å²) in [6, 6.07) is 6.24. The first-order valence-electron chi connectivity index (χ1n) is 6.71. The van der Waals surface area contributed by atoms with Crippen molar-refractivity contribution in [1.29, 1.82) is 0 Å². The second kappa shape index (κ2) is 4.70. The summed E-state index contributed by atoms with van der Waals surface area (Å²) >= 11 is 0. The molecule has 2 heterocycles. The summed E-state index contributed by atoms with van der Waals surface area (Å²) < 4.78 is 1.94. The quantitative estimate of drug-likeness (QED) is 0.834. The number of fused-ring (bicyclic) bond motifs is 1. The van der Waals surface area contributed by atoms with Crippen LogP contribution in [0.15, 0.2) is 24.4 Å². The Morgan fingerprint density at radius 2 is 2.21 bits per heavy atom. The van der Waals surface area contributed by atoms with E-state index in [2.05, 4.69) is 23.0 Å². The van der Waals surface area contributed by atoms with Crippen molar-refractivity contribution in [2.75, 3.05) is 12.3 Å². The van der Waals surface area contributed by atoms with Gasteiger partial charge in [0, 0.05) is 43.6 Å². The zero-order valence-electron chi connectivity index (χ0n) is 11.6. The lowest BCUT2D eigenvalue weighted by atomic mass is 9.97. The van der Waals surface area contributed by atoms with Crippen LogP contribution >= 0.6 is 0 Å². The first-order valence-corrected chi connectivity index (χ1v) is 6.71. The average molecular weight is 256 g/mol. The molecular formula is C15H20N4. The van der Waals surface area contributed by atoms with Gasteiger partial charge in [-0.25, -0.2) is 0 Å². The Balaban J connectivity index is 1.77. The highest BCUT2D eigenvalue weighted by atomic mass is 15.3. The van der Waals surface area contributed by atoms with Crippen LogP contribution in [-0.4, -0.2) is 21.2 Å². The highest BCUT2D eigenvalue weighted by molar-refractivity contribution is 5.51. The molecule has 0 unspecified atom stereocenters. The van der Waals surface area contributed by atoms with E-state index in [1.54, 1.807) is 0 Å². The summed E-state index contributed by atoms with van der Waals surface area (Å²) in [5.74, 6) is 0. The van der Waals surface area contributed by atoms with Crippen molar-refractivity contribution in [3.8, 4) is 0 Å². The Bertz CT molecular complexity index is 600. The molecule has 0 saturated heterocycles. The lowest BCUT2D eigenvalue weighted by molar-refractivity contribution is 0.245. The fourth-order valence-corrected chi connectivity index (χ4v) is 2.77. The number of nitrogens with zero attached hydrogens (tertiary/aromatic N) is 3. The predicted octanol–water partition coefficient (Wildman–Crippen LogP) is 1.87. The number of aromatic nitrogens is 2. The molecule has 1 aliphatic heterocycles. The second-order valence-electron chi connectivity index (χ2n) is 5.32. The molecule has 19 heavy (non-hydrogen) atoms. The smallest absolute Gasteiger partial charge is 0.0537 e. The molecule has 0 fully saturated rings. The molecule has 1 aromatic heterocycles. The van der Waals surface area contributed by atoms with E-state index in [0.29, 0.717) is 0 Å². The van der Waals surface area contributed by atoms with E-state index in [1.165, 1.54) is 22.4 Å². The van der Waals surface area contributed by atoms with E-state index < -0.39 is 0 Å². The third-order valence-electron chi connectivity index (χ3n) is 4.11. The summed E-state index contributed by atoms with van der Waals surface area (Å²) in [4.78, 5) is 2.46. The molecule has 3 rings (SSSR count). The normalized spacial score (nSPS) is 15.5. The molecule has 0 saturated carbocycles. The van der Waals surface area contributed by atoms with Gasteiger partial charge in [0.2, 0.25) is 0 Å². The third-order valence-corrected chi connectivity index (χ3v) is 4.11. The first-order chi connectivity index (χ1) is 9.15. The summed E-state index contributed by atoms with van der Waals surface area (Å²) in [6.45, 7) is 5.14. The highest BCUT2D eigenvalue weighted by Gasteiger charge is 2.19. The van der Waals surface area contributed by atoms with Crippen LogP contribution in [0.25, 0.3) is 0 Å². The molecule has 0 bridgehead atoms. The zero-order valence-corrected chi connectivity index (χ0v) is 11.6. The molecule has 1 aromatic carbocycles. The number of benzene rings is 1. The number of nitrogen functional groups attached to an aromatic ring is 1. The summed E-state index contributed by atoms with van der Waals surface area (Å²) in [5.41, 5.74) is 12.2. The SMILES string of the molecule is Cc1c(CN2CCc3c(N)cccc3C2)cnn1C. The van der Waals surface area contributed by atoms with Crippen molar-refractivity contribution in [3.05, 3.63) is 46.8 Å². The van der Waals surface area contributed by atoms with Crippen LogP contribution in [0.3, 0.4) is 0 Å². The fraction of sp³-hybridized carbons (Fsp3) is 0.400. The Labute approximate surface area is 113 Å². The lowest BCUT2D eigenvalue weighted by Crippen LogP contribution is -2.30. The van der Waals surface area contributed by atoms with Gasteiger partial charge in [-0.15, -0.1) is 0 Å². The van der Waals surface area contributed by atoms with E-state index in [-0.39, 0.29) is 0 Å². The molecule has 2 aromatic rings.